The Kier molecular flexibility index (Phi) is 6.32. The summed E-state index contributed by atoms with van der Waals surface area (Å²) in [6, 6.07) is 13.9. The van der Waals surface area contributed by atoms with Crippen molar-refractivity contribution in [2.75, 3.05) is 11.9 Å². The normalized spacial score (nSPS) is 11.4. The Morgan fingerprint density at radius 1 is 1.16 bits per heavy atom. The third kappa shape index (κ3) is 6.40. The number of hydrogen-bond acceptors (Lipinski definition) is 4. The largest absolute Gasteiger partial charge is 0.493 e. The fourth-order valence-electron chi connectivity index (χ4n) is 2.17. The van der Waals surface area contributed by atoms with Crippen molar-refractivity contribution in [1.29, 1.82) is 0 Å². The number of amides is 1. The van der Waals surface area contributed by atoms with Gasteiger partial charge in [0.05, 0.1) is 12.4 Å². The van der Waals surface area contributed by atoms with Gasteiger partial charge in [0.2, 0.25) is 15.9 Å². The van der Waals surface area contributed by atoms with Gasteiger partial charge in [0.25, 0.3) is 0 Å². The van der Waals surface area contributed by atoms with E-state index in [0.29, 0.717) is 23.6 Å². The van der Waals surface area contributed by atoms with Gasteiger partial charge in [-0.25, -0.2) is 13.6 Å². The summed E-state index contributed by atoms with van der Waals surface area (Å²) in [5.74, 6) is 0.168. The van der Waals surface area contributed by atoms with Crippen molar-refractivity contribution in [2.45, 2.75) is 12.7 Å². The zero-order valence-electron chi connectivity index (χ0n) is 13.8. The minimum absolute atomic E-state index is 0.241. The fraction of sp³-hybridized carbons (Fsp3) is 0.167. The second-order valence-electron chi connectivity index (χ2n) is 5.30. The SMILES string of the molecule is CCOc1ccccc1/C=C/C(=O)Nc1ccc(CS(N)(=O)=O)cc1. The van der Waals surface area contributed by atoms with Gasteiger partial charge in [0.15, 0.2) is 0 Å². The van der Waals surface area contributed by atoms with Crippen LogP contribution >= 0.6 is 0 Å². The van der Waals surface area contributed by atoms with Crippen LogP contribution < -0.4 is 15.2 Å². The first-order valence-corrected chi connectivity index (χ1v) is 9.39. The molecule has 0 aromatic heterocycles. The molecule has 0 heterocycles. The second kappa shape index (κ2) is 8.46. The number of carbonyl (C=O) groups excluding carboxylic acids is 1. The second-order valence-corrected chi connectivity index (χ2v) is 6.91. The van der Waals surface area contributed by atoms with E-state index in [1.54, 1.807) is 30.3 Å². The van der Waals surface area contributed by atoms with Gasteiger partial charge in [-0.2, -0.15) is 0 Å². The van der Waals surface area contributed by atoms with E-state index in [9.17, 15) is 13.2 Å². The topological polar surface area (TPSA) is 98.5 Å². The standard InChI is InChI=1S/C18H20N2O4S/c1-2-24-17-6-4-3-5-15(17)9-12-18(21)20-16-10-7-14(8-11-16)13-25(19,22)23/h3-12H,2,13H2,1H3,(H,20,21)(H2,19,22,23)/b12-9+. The van der Waals surface area contributed by atoms with E-state index in [2.05, 4.69) is 5.32 Å². The monoisotopic (exact) mass is 360 g/mol. The van der Waals surface area contributed by atoms with E-state index in [4.69, 9.17) is 9.88 Å². The highest BCUT2D eigenvalue weighted by molar-refractivity contribution is 7.88. The maximum absolute atomic E-state index is 12.0. The number of hydrogen-bond donors (Lipinski definition) is 2. The molecule has 1 amide bonds. The van der Waals surface area contributed by atoms with Crippen LogP contribution in [0.25, 0.3) is 6.08 Å². The summed E-state index contributed by atoms with van der Waals surface area (Å²) in [5.41, 5.74) is 1.93. The minimum atomic E-state index is -3.57. The lowest BCUT2D eigenvalue weighted by Crippen LogP contribution is -2.14. The lowest BCUT2D eigenvalue weighted by Gasteiger charge is -2.06. The molecule has 7 heteroatoms. The van der Waals surface area contributed by atoms with Gasteiger partial charge >= 0.3 is 0 Å². The maximum atomic E-state index is 12.0. The molecule has 0 aliphatic carbocycles. The van der Waals surface area contributed by atoms with Crippen LogP contribution in [0.3, 0.4) is 0 Å². The van der Waals surface area contributed by atoms with Crippen molar-refractivity contribution in [3.05, 3.63) is 65.7 Å². The van der Waals surface area contributed by atoms with Crippen molar-refractivity contribution < 1.29 is 17.9 Å². The molecule has 0 fully saturated rings. The zero-order valence-corrected chi connectivity index (χ0v) is 14.6. The van der Waals surface area contributed by atoms with Gasteiger partial charge in [-0.15, -0.1) is 0 Å². The minimum Gasteiger partial charge on any atom is -0.493 e. The number of primary sulfonamides is 1. The van der Waals surface area contributed by atoms with E-state index in [1.165, 1.54) is 6.08 Å². The number of nitrogens with two attached hydrogens (primary N) is 1. The maximum Gasteiger partial charge on any atom is 0.248 e. The summed E-state index contributed by atoms with van der Waals surface area (Å²) in [4.78, 5) is 12.0. The highest BCUT2D eigenvalue weighted by atomic mass is 32.2. The number of sulfonamides is 1. The molecule has 2 aromatic rings. The van der Waals surface area contributed by atoms with E-state index in [1.807, 2.05) is 31.2 Å². The summed E-state index contributed by atoms with van der Waals surface area (Å²) in [6.07, 6.45) is 3.09. The van der Waals surface area contributed by atoms with Crippen molar-refractivity contribution in [3.63, 3.8) is 0 Å². The Bertz CT molecular complexity index is 859. The fourth-order valence-corrected chi connectivity index (χ4v) is 2.83. The lowest BCUT2D eigenvalue weighted by molar-refractivity contribution is -0.111. The number of anilines is 1. The van der Waals surface area contributed by atoms with Gasteiger partial charge in [0.1, 0.15) is 5.75 Å². The molecule has 0 spiro atoms. The third-order valence-corrected chi connectivity index (χ3v) is 3.96. The van der Waals surface area contributed by atoms with Crippen LogP contribution in [0.4, 0.5) is 5.69 Å². The smallest absolute Gasteiger partial charge is 0.248 e. The molecular formula is C18H20N2O4S. The summed E-state index contributed by atoms with van der Waals surface area (Å²) in [7, 11) is -3.57. The van der Waals surface area contributed by atoms with E-state index in [0.717, 1.165) is 5.56 Å². The highest BCUT2D eigenvalue weighted by Crippen LogP contribution is 2.19. The van der Waals surface area contributed by atoms with Crippen LogP contribution in [0.2, 0.25) is 0 Å². The average Bonchev–Trinajstić information content (AvgIpc) is 2.55. The Balaban J connectivity index is 2.00. The quantitative estimate of drug-likeness (QED) is 0.741. The summed E-state index contributed by atoms with van der Waals surface area (Å²) in [5, 5.41) is 7.70. The van der Waals surface area contributed by atoms with Crippen molar-refractivity contribution in [1.82, 2.24) is 0 Å². The van der Waals surface area contributed by atoms with Crippen LogP contribution in [-0.2, 0) is 20.6 Å². The van der Waals surface area contributed by atoms with E-state index < -0.39 is 10.0 Å². The Labute approximate surface area is 147 Å². The first kappa shape index (κ1) is 18.7. The lowest BCUT2D eigenvalue weighted by atomic mass is 10.2. The van der Waals surface area contributed by atoms with Crippen LogP contribution in [0.15, 0.2) is 54.6 Å². The Morgan fingerprint density at radius 3 is 2.48 bits per heavy atom. The molecule has 0 aliphatic heterocycles. The number of carbonyl (C=O) groups is 1. The molecule has 0 bridgehead atoms. The van der Waals surface area contributed by atoms with Gasteiger partial charge in [-0.1, -0.05) is 30.3 Å². The molecule has 6 nitrogen and oxygen atoms in total. The first-order chi connectivity index (χ1) is 11.9. The first-order valence-electron chi connectivity index (χ1n) is 7.67. The molecule has 0 aliphatic rings. The molecule has 3 N–H and O–H groups in total. The summed E-state index contributed by atoms with van der Waals surface area (Å²) < 4.78 is 27.6. The molecule has 2 rings (SSSR count). The summed E-state index contributed by atoms with van der Waals surface area (Å²) in [6.45, 7) is 2.44. The van der Waals surface area contributed by atoms with Crippen LogP contribution in [0.1, 0.15) is 18.1 Å². The molecule has 25 heavy (non-hydrogen) atoms. The molecule has 0 saturated heterocycles. The molecule has 0 unspecified atom stereocenters. The predicted octanol–water partition coefficient (Wildman–Crippen LogP) is 2.53. The Hall–Kier alpha value is -2.64. The van der Waals surface area contributed by atoms with Crippen molar-refractivity contribution in [2.24, 2.45) is 5.14 Å². The van der Waals surface area contributed by atoms with Crippen molar-refractivity contribution >= 4 is 27.7 Å². The predicted molar refractivity (Wildman–Crippen MR) is 98.5 cm³/mol. The average molecular weight is 360 g/mol. The summed E-state index contributed by atoms with van der Waals surface area (Å²) >= 11 is 0. The van der Waals surface area contributed by atoms with Crippen molar-refractivity contribution in [3.8, 4) is 5.75 Å². The van der Waals surface area contributed by atoms with Gasteiger partial charge in [-0.05, 0) is 36.8 Å². The van der Waals surface area contributed by atoms with Gasteiger partial charge in [0, 0.05) is 17.3 Å². The number of benzene rings is 2. The van der Waals surface area contributed by atoms with Crippen LogP contribution in [0.5, 0.6) is 5.75 Å². The van der Waals surface area contributed by atoms with Gasteiger partial charge in [-0.3, -0.25) is 4.79 Å². The molecule has 0 radical (unpaired) electrons. The molecule has 132 valence electrons. The molecule has 2 aromatic carbocycles. The van der Waals surface area contributed by atoms with Gasteiger partial charge < -0.3 is 10.1 Å². The molecular weight excluding hydrogens is 340 g/mol. The van der Waals surface area contributed by atoms with Crippen LogP contribution in [-0.4, -0.2) is 20.9 Å². The van der Waals surface area contributed by atoms with E-state index >= 15 is 0 Å². The molecule has 0 saturated carbocycles. The third-order valence-electron chi connectivity index (χ3n) is 3.22. The Morgan fingerprint density at radius 2 is 1.84 bits per heavy atom. The number of rotatable bonds is 7. The highest BCUT2D eigenvalue weighted by Gasteiger charge is 2.05. The number of ether oxygens (including phenoxy) is 1. The zero-order chi connectivity index (χ0) is 18.3. The van der Waals surface area contributed by atoms with Crippen LogP contribution in [0, 0.1) is 0 Å². The number of para-hydroxylation sites is 1. The van der Waals surface area contributed by atoms with E-state index in [-0.39, 0.29) is 11.7 Å². The molecule has 0 atom stereocenters. The number of nitrogens with one attached hydrogen (secondary N) is 1.